The molecule has 0 saturated heterocycles. The standard InChI is InChI=1S/C24H35N3O3/c1-7-8-13-29-21-15-18(2)22(19(3)16-21)12-10-9-11-14-30-24-17-23(25-27(24)5)20(4)26-28-6/h7-8,15-17H,9-14H2,1-6H3/b8-7+,26-20+. The van der Waals surface area contributed by atoms with Gasteiger partial charge in [0.05, 0.1) is 6.61 Å². The highest BCUT2D eigenvalue weighted by Gasteiger charge is 2.09. The van der Waals surface area contributed by atoms with E-state index in [-0.39, 0.29) is 0 Å². The average Bonchev–Trinajstić information content (AvgIpc) is 3.07. The van der Waals surface area contributed by atoms with Crippen LogP contribution in [-0.4, -0.2) is 35.8 Å². The van der Waals surface area contributed by atoms with Crippen LogP contribution in [0.5, 0.6) is 11.6 Å². The Hall–Kier alpha value is -2.76. The van der Waals surface area contributed by atoms with Crippen LogP contribution in [0, 0.1) is 13.8 Å². The number of unbranched alkanes of at least 4 members (excludes halogenated alkanes) is 2. The van der Waals surface area contributed by atoms with E-state index in [9.17, 15) is 0 Å². The fourth-order valence-corrected chi connectivity index (χ4v) is 3.37. The third kappa shape index (κ3) is 6.94. The number of nitrogens with zero attached hydrogens (tertiary/aromatic N) is 3. The lowest BCUT2D eigenvalue weighted by atomic mass is 9.97. The second kappa shape index (κ2) is 12.1. The van der Waals surface area contributed by atoms with E-state index in [0.29, 0.717) is 13.2 Å². The Bertz CT molecular complexity index is 846. The first kappa shape index (κ1) is 23.5. The van der Waals surface area contributed by atoms with E-state index in [1.807, 2.05) is 39.1 Å². The van der Waals surface area contributed by atoms with Crippen LogP contribution in [0.3, 0.4) is 0 Å². The van der Waals surface area contributed by atoms with Crippen LogP contribution < -0.4 is 9.47 Å². The van der Waals surface area contributed by atoms with Crippen molar-refractivity contribution in [1.82, 2.24) is 9.78 Å². The molecule has 0 aliphatic rings. The van der Waals surface area contributed by atoms with Crippen LogP contribution in [-0.2, 0) is 18.3 Å². The molecule has 1 aromatic carbocycles. The minimum atomic E-state index is 0.617. The van der Waals surface area contributed by atoms with Crippen LogP contribution in [0.1, 0.15) is 55.5 Å². The fraction of sp³-hybridized carbons (Fsp3) is 0.500. The summed E-state index contributed by atoms with van der Waals surface area (Å²) in [5, 5.41) is 8.31. The van der Waals surface area contributed by atoms with Gasteiger partial charge in [-0.2, -0.15) is 5.10 Å². The van der Waals surface area contributed by atoms with Crippen LogP contribution in [0.25, 0.3) is 0 Å². The molecule has 30 heavy (non-hydrogen) atoms. The summed E-state index contributed by atoms with van der Waals surface area (Å²) in [7, 11) is 3.40. The van der Waals surface area contributed by atoms with Crippen molar-refractivity contribution in [2.45, 2.75) is 53.4 Å². The number of ether oxygens (including phenoxy) is 2. The Morgan fingerprint density at radius 3 is 2.50 bits per heavy atom. The summed E-state index contributed by atoms with van der Waals surface area (Å²) in [6.45, 7) is 9.49. The largest absolute Gasteiger partial charge is 0.490 e. The number of aromatic nitrogens is 2. The second-order valence-electron chi connectivity index (χ2n) is 7.43. The summed E-state index contributed by atoms with van der Waals surface area (Å²) < 4.78 is 13.4. The van der Waals surface area contributed by atoms with Gasteiger partial charge < -0.3 is 14.3 Å². The van der Waals surface area contributed by atoms with Gasteiger partial charge in [0.15, 0.2) is 0 Å². The molecule has 0 saturated carbocycles. The predicted octanol–water partition coefficient (Wildman–Crippen LogP) is 5.15. The minimum Gasteiger partial charge on any atom is -0.490 e. The van der Waals surface area contributed by atoms with Gasteiger partial charge in [0.1, 0.15) is 30.9 Å². The quantitative estimate of drug-likeness (QED) is 0.209. The van der Waals surface area contributed by atoms with Crippen molar-refractivity contribution in [2.75, 3.05) is 20.3 Å². The predicted molar refractivity (Wildman–Crippen MR) is 122 cm³/mol. The van der Waals surface area contributed by atoms with Crippen molar-refractivity contribution in [3.8, 4) is 11.6 Å². The van der Waals surface area contributed by atoms with E-state index >= 15 is 0 Å². The first-order valence-electron chi connectivity index (χ1n) is 10.5. The fourth-order valence-electron chi connectivity index (χ4n) is 3.37. The third-order valence-corrected chi connectivity index (χ3v) is 5.01. The van der Waals surface area contributed by atoms with E-state index in [2.05, 4.69) is 36.2 Å². The molecular weight excluding hydrogens is 378 g/mol. The lowest BCUT2D eigenvalue weighted by Gasteiger charge is -2.13. The van der Waals surface area contributed by atoms with Gasteiger partial charge >= 0.3 is 0 Å². The van der Waals surface area contributed by atoms with E-state index in [1.54, 1.807) is 4.68 Å². The van der Waals surface area contributed by atoms with Crippen LogP contribution >= 0.6 is 0 Å². The number of hydrogen-bond donors (Lipinski definition) is 0. The van der Waals surface area contributed by atoms with Gasteiger partial charge in [-0.15, -0.1) is 0 Å². The molecule has 6 nitrogen and oxygen atoms in total. The summed E-state index contributed by atoms with van der Waals surface area (Å²) in [4.78, 5) is 4.80. The number of rotatable bonds is 12. The van der Waals surface area contributed by atoms with E-state index in [0.717, 1.165) is 48.7 Å². The Balaban J connectivity index is 1.76. The van der Waals surface area contributed by atoms with Crippen LogP contribution in [0.4, 0.5) is 0 Å². The molecule has 6 heteroatoms. The summed E-state index contributed by atoms with van der Waals surface area (Å²) in [5.74, 6) is 1.69. The van der Waals surface area contributed by atoms with Gasteiger partial charge in [-0.1, -0.05) is 17.3 Å². The van der Waals surface area contributed by atoms with Crippen molar-refractivity contribution in [1.29, 1.82) is 0 Å². The lowest BCUT2D eigenvalue weighted by molar-refractivity contribution is 0.213. The summed E-state index contributed by atoms with van der Waals surface area (Å²) in [6, 6.07) is 6.18. The number of oxime groups is 1. The Labute approximate surface area is 180 Å². The van der Waals surface area contributed by atoms with Gasteiger partial charge in [0.2, 0.25) is 5.88 Å². The highest BCUT2D eigenvalue weighted by molar-refractivity contribution is 5.96. The summed E-state index contributed by atoms with van der Waals surface area (Å²) in [6.07, 6.45) is 8.36. The van der Waals surface area contributed by atoms with Gasteiger partial charge in [-0.3, -0.25) is 0 Å². The average molecular weight is 414 g/mol. The molecule has 2 aromatic rings. The van der Waals surface area contributed by atoms with Crippen molar-refractivity contribution >= 4 is 5.71 Å². The van der Waals surface area contributed by atoms with E-state index < -0.39 is 0 Å². The van der Waals surface area contributed by atoms with Gasteiger partial charge in [0.25, 0.3) is 0 Å². The molecule has 0 aliphatic heterocycles. The first-order valence-corrected chi connectivity index (χ1v) is 10.5. The Morgan fingerprint density at radius 2 is 1.83 bits per heavy atom. The molecule has 0 radical (unpaired) electrons. The molecule has 1 heterocycles. The molecule has 0 bridgehead atoms. The normalized spacial score (nSPS) is 11.9. The van der Waals surface area contributed by atoms with Crippen molar-refractivity contribution in [3.05, 3.63) is 52.7 Å². The molecular formula is C24H35N3O3. The molecule has 0 spiro atoms. The maximum atomic E-state index is 5.89. The van der Waals surface area contributed by atoms with E-state index in [4.69, 9.17) is 14.3 Å². The monoisotopic (exact) mass is 413 g/mol. The molecule has 1 aromatic heterocycles. The van der Waals surface area contributed by atoms with Crippen LogP contribution in [0.2, 0.25) is 0 Å². The molecule has 0 unspecified atom stereocenters. The second-order valence-corrected chi connectivity index (χ2v) is 7.43. The Kier molecular flexibility index (Phi) is 9.45. The number of allylic oxidation sites excluding steroid dienone is 1. The highest BCUT2D eigenvalue weighted by atomic mass is 16.6. The zero-order valence-electron chi connectivity index (χ0n) is 19.2. The van der Waals surface area contributed by atoms with Crippen molar-refractivity contribution < 1.29 is 14.3 Å². The van der Waals surface area contributed by atoms with Crippen LogP contribution in [0.15, 0.2) is 35.5 Å². The maximum absolute atomic E-state index is 5.89. The van der Waals surface area contributed by atoms with Gasteiger partial charge in [-0.05, 0) is 82.2 Å². The number of benzene rings is 1. The molecule has 0 fully saturated rings. The van der Waals surface area contributed by atoms with Gasteiger partial charge in [-0.25, -0.2) is 4.68 Å². The van der Waals surface area contributed by atoms with E-state index in [1.165, 1.54) is 23.8 Å². The number of aryl methyl sites for hydroxylation is 3. The number of hydrogen-bond acceptors (Lipinski definition) is 5. The summed E-state index contributed by atoms with van der Waals surface area (Å²) in [5.41, 5.74) is 5.53. The maximum Gasteiger partial charge on any atom is 0.212 e. The summed E-state index contributed by atoms with van der Waals surface area (Å²) >= 11 is 0. The molecule has 164 valence electrons. The molecule has 0 aliphatic carbocycles. The smallest absolute Gasteiger partial charge is 0.212 e. The Morgan fingerprint density at radius 1 is 1.10 bits per heavy atom. The zero-order valence-corrected chi connectivity index (χ0v) is 19.2. The SMILES string of the molecule is C/C=C/COc1cc(C)c(CCCCCOc2cc(/C(C)=N/OC)nn2C)c(C)c1. The molecule has 2 rings (SSSR count). The first-order chi connectivity index (χ1) is 14.5. The lowest BCUT2D eigenvalue weighted by Crippen LogP contribution is -2.03. The minimum absolute atomic E-state index is 0.617. The zero-order chi connectivity index (χ0) is 21.9. The van der Waals surface area contributed by atoms with Crippen molar-refractivity contribution in [2.24, 2.45) is 12.2 Å². The topological polar surface area (TPSA) is 57.9 Å². The third-order valence-electron chi connectivity index (χ3n) is 5.01. The molecule has 0 N–H and O–H groups in total. The van der Waals surface area contributed by atoms with Crippen molar-refractivity contribution in [3.63, 3.8) is 0 Å². The highest BCUT2D eigenvalue weighted by Crippen LogP contribution is 2.24. The molecule has 0 atom stereocenters. The molecule has 0 amide bonds. The van der Waals surface area contributed by atoms with Gasteiger partial charge in [0, 0.05) is 13.1 Å².